The Morgan fingerprint density at radius 2 is 2.38 bits per heavy atom. The lowest BCUT2D eigenvalue weighted by atomic mass is 10.2. The normalized spacial score (nSPS) is 20.2. The molecule has 0 spiro atoms. The standard InChI is InChI=1S/C12H16BrNOS/c13-12-6-10(14)4-3-9(12)7-16-8-11-2-1-5-15-11/h3-4,6,11H,1-2,5,7-8,14H2. The summed E-state index contributed by atoms with van der Waals surface area (Å²) in [7, 11) is 0. The number of hydrogen-bond acceptors (Lipinski definition) is 3. The van der Waals surface area contributed by atoms with Crippen molar-refractivity contribution in [3.05, 3.63) is 28.2 Å². The summed E-state index contributed by atoms with van der Waals surface area (Å²) in [5, 5.41) is 0. The summed E-state index contributed by atoms with van der Waals surface area (Å²) in [6.45, 7) is 0.941. The summed E-state index contributed by atoms with van der Waals surface area (Å²) < 4.78 is 6.69. The van der Waals surface area contributed by atoms with Gasteiger partial charge in [0.05, 0.1) is 6.10 Å². The van der Waals surface area contributed by atoms with Gasteiger partial charge in [0.1, 0.15) is 0 Å². The predicted molar refractivity (Wildman–Crippen MR) is 73.7 cm³/mol. The van der Waals surface area contributed by atoms with E-state index in [1.807, 2.05) is 23.9 Å². The van der Waals surface area contributed by atoms with Crippen molar-refractivity contribution >= 4 is 33.4 Å². The molecule has 1 heterocycles. The smallest absolute Gasteiger partial charge is 0.0666 e. The minimum Gasteiger partial charge on any atom is -0.399 e. The molecule has 1 aliphatic heterocycles. The maximum Gasteiger partial charge on any atom is 0.0666 e. The molecule has 2 N–H and O–H groups in total. The molecule has 0 amide bonds. The van der Waals surface area contributed by atoms with Crippen molar-refractivity contribution in [1.82, 2.24) is 0 Å². The zero-order valence-corrected chi connectivity index (χ0v) is 11.5. The van der Waals surface area contributed by atoms with Gasteiger partial charge < -0.3 is 10.5 Å². The molecule has 1 unspecified atom stereocenters. The summed E-state index contributed by atoms with van der Waals surface area (Å²) in [5.74, 6) is 2.11. The van der Waals surface area contributed by atoms with Crippen LogP contribution in [0.5, 0.6) is 0 Å². The molecule has 1 fully saturated rings. The number of ether oxygens (including phenoxy) is 1. The first kappa shape index (κ1) is 12.3. The Morgan fingerprint density at radius 1 is 1.50 bits per heavy atom. The van der Waals surface area contributed by atoms with E-state index in [9.17, 15) is 0 Å². The van der Waals surface area contributed by atoms with E-state index >= 15 is 0 Å². The van der Waals surface area contributed by atoms with Crippen LogP contribution in [0.3, 0.4) is 0 Å². The molecule has 1 aliphatic rings. The van der Waals surface area contributed by atoms with E-state index in [0.29, 0.717) is 6.10 Å². The third-order valence-electron chi connectivity index (χ3n) is 2.66. The fraction of sp³-hybridized carbons (Fsp3) is 0.500. The molecule has 16 heavy (non-hydrogen) atoms. The number of rotatable bonds is 4. The van der Waals surface area contributed by atoms with Crippen LogP contribution >= 0.6 is 27.7 Å². The Bertz CT molecular complexity index is 353. The Balaban J connectivity index is 1.80. The highest BCUT2D eigenvalue weighted by molar-refractivity contribution is 9.10. The summed E-state index contributed by atoms with van der Waals surface area (Å²) in [6, 6.07) is 6.00. The van der Waals surface area contributed by atoms with Crippen LogP contribution in [0, 0.1) is 0 Å². The van der Waals surface area contributed by atoms with E-state index in [2.05, 4.69) is 22.0 Å². The number of benzene rings is 1. The highest BCUT2D eigenvalue weighted by Gasteiger charge is 2.15. The van der Waals surface area contributed by atoms with Gasteiger partial charge in [-0.1, -0.05) is 22.0 Å². The number of nitrogens with two attached hydrogens (primary N) is 1. The Labute approximate surface area is 109 Å². The van der Waals surface area contributed by atoms with E-state index in [1.54, 1.807) is 0 Å². The van der Waals surface area contributed by atoms with E-state index in [0.717, 1.165) is 28.3 Å². The van der Waals surface area contributed by atoms with E-state index in [1.165, 1.54) is 18.4 Å². The molecule has 0 saturated carbocycles. The molecule has 0 aliphatic carbocycles. The second-order valence-electron chi connectivity index (χ2n) is 4.00. The van der Waals surface area contributed by atoms with Crippen LogP contribution in [-0.2, 0) is 10.5 Å². The van der Waals surface area contributed by atoms with Crippen molar-refractivity contribution in [3.8, 4) is 0 Å². The molecule has 1 saturated heterocycles. The highest BCUT2D eigenvalue weighted by Crippen LogP contribution is 2.26. The van der Waals surface area contributed by atoms with Gasteiger partial charge in [0.2, 0.25) is 0 Å². The molecule has 1 aromatic carbocycles. The van der Waals surface area contributed by atoms with Crippen LogP contribution in [0.2, 0.25) is 0 Å². The van der Waals surface area contributed by atoms with Crippen LogP contribution in [-0.4, -0.2) is 18.5 Å². The van der Waals surface area contributed by atoms with Crippen molar-refractivity contribution < 1.29 is 4.74 Å². The van der Waals surface area contributed by atoms with Crippen molar-refractivity contribution in [1.29, 1.82) is 0 Å². The minimum absolute atomic E-state index is 0.470. The molecular weight excluding hydrogens is 286 g/mol. The SMILES string of the molecule is Nc1ccc(CSCC2CCCO2)c(Br)c1. The second kappa shape index (κ2) is 5.94. The van der Waals surface area contributed by atoms with Crippen LogP contribution in [0.1, 0.15) is 18.4 Å². The second-order valence-corrected chi connectivity index (χ2v) is 5.89. The van der Waals surface area contributed by atoms with Crippen LogP contribution in [0.4, 0.5) is 5.69 Å². The lowest BCUT2D eigenvalue weighted by Crippen LogP contribution is -2.08. The van der Waals surface area contributed by atoms with E-state index < -0.39 is 0 Å². The summed E-state index contributed by atoms with van der Waals surface area (Å²) in [6.07, 6.45) is 2.91. The molecule has 88 valence electrons. The minimum atomic E-state index is 0.470. The number of nitrogen functional groups attached to an aromatic ring is 1. The lowest BCUT2D eigenvalue weighted by molar-refractivity contribution is 0.129. The number of hydrogen-bond donors (Lipinski definition) is 1. The van der Waals surface area contributed by atoms with Gasteiger partial charge >= 0.3 is 0 Å². The Hall–Kier alpha value is -0.190. The molecule has 2 nitrogen and oxygen atoms in total. The quantitative estimate of drug-likeness (QED) is 0.865. The number of thioether (sulfide) groups is 1. The third-order valence-corrected chi connectivity index (χ3v) is 4.52. The molecule has 0 bridgehead atoms. The van der Waals surface area contributed by atoms with Gasteiger partial charge in [-0.05, 0) is 30.5 Å². The highest BCUT2D eigenvalue weighted by atomic mass is 79.9. The summed E-state index contributed by atoms with van der Waals surface area (Å²) >= 11 is 5.46. The average molecular weight is 302 g/mol. The van der Waals surface area contributed by atoms with Crippen LogP contribution in [0.15, 0.2) is 22.7 Å². The van der Waals surface area contributed by atoms with Gasteiger partial charge in [-0.15, -0.1) is 0 Å². The predicted octanol–water partition coefficient (Wildman–Crippen LogP) is 3.44. The topological polar surface area (TPSA) is 35.2 Å². The zero-order valence-electron chi connectivity index (χ0n) is 9.12. The number of halogens is 1. The fourth-order valence-electron chi connectivity index (χ4n) is 1.76. The summed E-state index contributed by atoms with van der Waals surface area (Å²) in [5.41, 5.74) is 7.81. The fourth-order valence-corrected chi connectivity index (χ4v) is 3.59. The maximum atomic E-state index is 5.70. The van der Waals surface area contributed by atoms with Gasteiger partial charge in [-0.25, -0.2) is 0 Å². The number of anilines is 1. The van der Waals surface area contributed by atoms with Crippen molar-refractivity contribution in [2.24, 2.45) is 0 Å². The largest absolute Gasteiger partial charge is 0.399 e. The maximum absolute atomic E-state index is 5.70. The summed E-state index contributed by atoms with van der Waals surface area (Å²) in [4.78, 5) is 0. The van der Waals surface area contributed by atoms with Gasteiger partial charge in [0.15, 0.2) is 0 Å². The Morgan fingerprint density at radius 3 is 3.06 bits per heavy atom. The molecule has 0 aromatic heterocycles. The molecule has 1 atom stereocenters. The molecule has 4 heteroatoms. The lowest BCUT2D eigenvalue weighted by Gasteiger charge is -2.09. The van der Waals surface area contributed by atoms with Crippen molar-refractivity contribution in [3.63, 3.8) is 0 Å². The first-order valence-corrected chi connectivity index (χ1v) is 7.44. The molecule has 1 aromatic rings. The van der Waals surface area contributed by atoms with Gasteiger partial charge in [0.25, 0.3) is 0 Å². The van der Waals surface area contributed by atoms with Crippen LogP contribution in [0.25, 0.3) is 0 Å². The first-order valence-electron chi connectivity index (χ1n) is 5.49. The van der Waals surface area contributed by atoms with Crippen molar-refractivity contribution in [2.75, 3.05) is 18.1 Å². The van der Waals surface area contributed by atoms with Crippen molar-refractivity contribution in [2.45, 2.75) is 24.7 Å². The third kappa shape index (κ3) is 3.40. The van der Waals surface area contributed by atoms with Crippen LogP contribution < -0.4 is 5.73 Å². The average Bonchev–Trinajstić information content (AvgIpc) is 2.74. The first-order chi connectivity index (χ1) is 7.75. The molecular formula is C12H16BrNOS. The van der Waals surface area contributed by atoms with E-state index in [4.69, 9.17) is 10.5 Å². The monoisotopic (exact) mass is 301 g/mol. The van der Waals surface area contributed by atoms with Gasteiger partial charge in [0, 0.05) is 28.3 Å². The van der Waals surface area contributed by atoms with Gasteiger partial charge in [-0.3, -0.25) is 0 Å². The molecule has 0 radical (unpaired) electrons. The Kier molecular flexibility index (Phi) is 4.55. The zero-order chi connectivity index (χ0) is 11.4. The van der Waals surface area contributed by atoms with E-state index in [-0.39, 0.29) is 0 Å². The van der Waals surface area contributed by atoms with Gasteiger partial charge in [-0.2, -0.15) is 11.8 Å². The molecule has 2 rings (SSSR count).